The fourth-order valence-corrected chi connectivity index (χ4v) is 3.30. The predicted molar refractivity (Wildman–Crippen MR) is 112 cm³/mol. The Hall–Kier alpha value is -1.17. The Kier molecular flexibility index (Phi) is 9.52. The molecule has 0 aromatic heterocycles. The van der Waals surface area contributed by atoms with E-state index in [1.165, 1.54) is 0 Å². The summed E-state index contributed by atoms with van der Waals surface area (Å²) in [6.45, 7) is 5.23. The van der Waals surface area contributed by atoms with Gasteiger partial charge in [-0.3, -0.25) is 0 Å². The Bertz CT molecular complexity index is 720. The first-order valence-electron chi connectivity index (χ1n) is 8.77. The Morgan fingerprint density at radius 1 is 1.04 bits per heavy atom. The van der Waals surface area contributed by atoms with Gasteiger partial charge >= 0.3 is 0 Å². The number of rotatable bonds is 11. The summed E-state index contributed by atoms with van der Waals surface area (Å²) in [5, 5.41) is 4.93. The van der Waals surface area contributed by atoms with Crippen LogP contribution in [0.4, 0.5) is 0 Å². The van der Waals surface area contributed by atoms with Crippen LogP contribution in [0.5, 0.6) is 11.5 Å². The van der Waals surface area contributed by atoms with Crippen LogP contribution in [0.15, 0.2) is 30.3 Å². The minimum Gasteiger partial charge on any atom is -0.493 e. The number of nitrogens with one attached hydrogen (secondary N) is 1. The lowest BCUT2D eigenvalue weighted by atomic mass is 10.2. The van der Waals surface area contributed by atoms with E-state index in [9.17, 15) is 0 Å². The van der Waals surface area contributed by atoms with Crippen LogP contribution in [-0.2, 0) is 17.9 Å². The Morgan fingerprint density at radius 2 is 1.78 bits per heavy atom. The first kappa shape index (κ1) is 22.1. The van der Waals surface area contributed by atoms with Crippen LogP contribution in [0.3, 0.4) is 0 Å². The van der Waals surface area contributed by atoms with Crippen molar-refractivity contribution < 1.29 is 14.2 Å². The minimum atomic E-state index is 0.198. The van der Waals surface area contributed by atoms with Crippen molar-refractivity contribution in [2.75, 3.05) is 26.9 Å². The van der Waals surface area contributed by atoms with Crippen molar-refractivity contribution in [2.45, 2.75) is 26.5 Å². The maximum atomic E-state index is 6.42. The van der Waals surface area contributed by atoms with Crippen LogP contribution in [0.25, 0.3) is 0 Å². The molecule has 0 aliphatic rings. The number of hydrogen-bond acceptors (Lipinski definition) is 4. The molecule has 0 unspecified atom stereocenters. The molecule has 0 aliphatic heterocycles. The number of ether oxygens (including phenoxy) is 3. The third kappa shape index (κ3) is 6.74. The van der Waals surface area contributed by atoms with Gasteiger partial charge in [0.15, 0.2) is 11.5 Å². The van der Waals surface area contributed by atoms with Gasteiger partial charge in [0.1, 0.15) is 6.61 Å². The van der Waals surface area contributed by atoms with Gasteiger partial charge in [-0.25, -0.2) is 0 Å². The van der Waals surface area contributed by atoms with Crippen LogP contribution >= 0.6 is 34.8 Å². The van der Waals surface area contributed by atoms with Crippen LogP contribution in [0.1, 0.15) is 24.5 Å². The van der Waals surface area contributed by atoms with E-state index in [4.69, 9.17) is 49.0 Å². The molecule has 0 spiro atoms. The van der Waals surface area contributed by atoms with E-state index >= 15 is 0 Å². The van der Waals surface area contributed by atoms with Gasteiger partial charge in [0.05, 0.1) is 12.1 Å². The fraction of sp³-hybridized carbons (Fsp3) is 0.400. The molecule has 27 heavy (non-hydrogen) atoms. The summed E-state index contributed by atoms with van der Waals surface area (Å²) < 4.78 is 16.6. The Labute approximate surface area is 175 Å². The largest absolute Gasteiger partial charge is 0.493 e. The highest BCUT2D eigenvalue weighted by atomic mass is 35.5. The topological polar surface area (TPSA) is 39.7 Å². The quantitative estimate of drug-likeness (QED) is 0.459. The maximum Gasteiger partial charge on any atom is 0.180 e. The summed E-state index contributed by atoms with van der Waals surface area (Å²) in [7, 11) is 1.58. The molecule has 2 rings (SSSR count). The predicted octanol–water partition coefficient (Wildman–Crippen LogP) is 5.75. The highest BCUT2D eigenvalue weighted by Gasteiger charge is 2.14. The van der Waals surface area contributed by atoms with Gasteiger partial charge in [-0.15, -0.1) is 0 Å². The van der Waals surface area contributed by atoms with Crippen molar-refractivity contribution in [3.8, 4) is 11.5 Å². The number of hydrogen-bond donors (Lipinski definition) is 1. The monoisotopic (exact) mass is 431 g/mol. The lowest BCUT2D eigenvalue weighted by molar-refractivity contribution is 0.144. The standard InChI is InChI=1S/C20H24Cl3NO3/c1-3-26-9-5-8-24-12-14-10-18(23)20(19(11-14)25-2)27-13-15-16(21)6-4-7-17(15)22/h4,6-7,10-11,24H,3,5,8-9,12-13H2,1-2H3. The summed E-state index contributed by atoms with van der Waals surface area (Å²) in [5.74, 6) is 1.03. The number of benzene rings is 2. The Morgan fingerprint density at radius 3 is 2.44 bits per heavy atom. The highest BCUT2D eigenvalue weighted by molar-refractivity contribution is 6.36. The molecule has 4 nitrogen and oxygen atoms in total. The SMILES string of the molecule is CCOCCCNCc1cc(Cl)c(OCc2c(Cl)cccc2Cl)c(OC)c1. The van der Waals surface area contributed by atoms with Gasteiger partial charge in [-0.1, -0.05) is 40.9 Å². The summed E-state index contributed by atoms with van der Waals surface area (Å²) in [6.07, 6.45) is 0.957. The van der Waals surface area contributed by atoms with Crippen molar-refractivity contribution in [3.05, 3.63) is 56.5 Å². The summed E-state index contributed by atoms with van der Waals surface area (Å²) in [4.78, 5) is 0. The van der Waals surface area contributed by atoms with Gasteiger partial charge in [-0.2, -0.15) is 0 Å². The average Bonchev–Trinajstić information content (AvgIpc) is 2.65. The smallest absolute Gasteiger partial charge is 0.180 e. The van der Waals surface area contributed by atoms with E-state index in [-0.39, 0.29) is 6.61 Å². The van der Waals surface area contributed by atoms with E-state index in [1.54, 1.807) is 25.3 Å². The molecule has 148 valence electrons. The number of halogens is 3. The summed E-state index contributed by atoms with van der Waals surface area (Å²) in [6, 6.07) is 9.10. The fourth-order valence-electron chi connectivity index (χ4n) is 2.51. The highest BCUT2D eigenvalue weighted by Crippen LogP contribution is 2.38. The van der Waals surface area contributed by atoms with Crippen molar-refractivity contribution in [1.82, 2.24) is 5.32 Å². The number of methoxy groups -OCH3 is 1. The molecule has 2 aromatic carbocycles. The second kappa shape index (κ2) is 11.6. The first-order chi connectivity index (χ1) is 13.1. The third-order valence-electron chi connectivity index (χ3n) is 3.89. The molecular formula is C20H24Cl3NO3. The molecule has 0 heterocycles. The van der Waals surface area contributed by atoms with Gasteiger partial charge in [-0.05, 0) is 49.7 Å². The van der Waals surface area contributed by atoms with E-state index in [0.717, 1.165) is 31.7 Å². The molecular weight excluding hydrogens is 409 g/mol. The first-order valence-corrected chi connectivity index (χ1v) is 9.90. The van der Waals surface area contributed by atoms with E-state index in [2.05, 4.69) is 5.32 Å². The zero-order valence-electron chi connectivity index (χ0n) is 15.5. The maximum absolute atomic E-state index is 6.42. The molecule has 0 bridgehead atoms. The van der Waals surface area contributed by atoms with Gasteiger partial charge in [0.25, 0.3) is 0 Å². The van der Waals surface area contributed by atoms with Gasteiger partial charge in [0.2, 0.25) is 0 Å². The average molecular weight is 433 g/mol. The molecule has 2 aromatic rings. The second-order valence-corrected chi connectivity index (χ2v) is 7.05. The summed E-state index contributed by atoms with van der Waals surface area (Å²) >= 11 is 18.8. The lowest BCUT2D eigenvalue weighted by Gasteiger charge is -2.15. The normalized spacial score (nSPS) is 10.9. The van der Waals surface area contributed by atoms with Gasteiger partial charge in [0, 0.05) is 35.4 Å². The van der Waals surface area contributed by atoms with Gasteiger partial charge < -0.3 is 19.5 Å². The van der Waals surface area contributed by atoms with E-state index in [1.807, 2.05) is 19.1 Å². The lowest BCUT2D eigenvalue weighted by Crippen LogP contribution is -2.16. The van der Waals surface area contributed by atoms with E-state index < -0.39 is 0 Å². The minimum absolute atomic E-state index is 0.198. The van der Waals surface area contributed by atoms with Crippen molar-refractivity contribution in [2.24, 2.45) is 0 Å². The molecule has 0 saturated carbocycles. The zero-order valence-corrected chi connectivity index (χ0v) is 17.8. The molecule has 0 saturated heterocycles. The molecule has 0 aliphatic carbocycles. The third-order valence-corrected chi connectivity index (χ3v) is 4.88. The zero-order chi connectivity index (χ0) is 19.6. The molecule has 0 fully saturated rings. The van der Waals surface area contributed by atoms with Crippen molar-refractivity contribution >= 4 is 34.8 Å². The molecule has 1 N–H and O–H groups in total. The van der Waals surface area contributed by atoms with Crippen LogP contribution in [0.2, 0.25) is 15.1 Å². The molecule has 0 atom stereocenters. The van der Waals surface area contributed by atoms with Crippen LogP contribution < -0.4 is 14.8 Å². The molecule has 0 amide bonds. The van der Waals surface area contributed by atoms with Crippen molar-refractivity contribution in [1.29, 1.82) is 0 Å². The van der Waals surface area contributed by atoms with E-state index in [0.29, 0.717) is 38.7 Å². The summed E-state index contributed by atoms with van der Waals surface area (Å²) in [5.41, 5.74) is 1.72. The van der Waals surface area contributed by atoms with Crippen molar-refractivity contribution in [3.63, 3.8) is 0 Å². The molecule has 0 radical (unpaired) electrons. The van der Waals surface area contributed by atoms with Crippen LogP contribution in [-0.4, -0.2) is 26.9 Å². The Balaban J connectivity index is 2.01. The molecule has 7 heteroatoms. The second-order valence-electron chi connectivity index (χ2n) is 5.83. The van der Waals surface area contributed by atoms with Crippen LogP contribution in [0, 0.1) is 0 Å².